The maximum absolute atomic E-state index is 11.8. The number of halogens is 2. The molecule has 0 aliphatic heterocycles. The van der Waals surface area contributed by atoms with Crippen LogP contribution >= 0.6 is 45.2 Å². The molecule has 0 atom stereocenters. The second kappa shape index (κ2) is 7.13. The second-order valence-corrected chi connectivity index (χ2v) is 12.1. The van der Waals surface area contributed by atoms with Crippen molar-refractivity contribution < 1.29 is 13.2 Å². The third-order valence-electron chi connectivity index (χ3n) is 2.15. The van der Waals surface area contributed by atoms with Gasteiger partial charge in [-0.05, 0) is 30.7 Å². The molecule has 0 saturated heterocycles. The van der Waals surface area contributed by atoms with Crippen LogP contribution in [0.2, 0.25) is 0 Å². The molecule has 0 aliphatic rings. The minimum Gasteiger partial charge on any atom is -0.494 e. The van der Waals surface area contributed by atoms with Gasteiger partial charge in [-0.15, -0.1) is 0 Å². The van der Waals surface area contributed by atoms with Crippen LogP contribution < -0.4 is 4.74 Å². The molecule has 0 N–H and O–H groups in total. The molecular formula is C11H14I2O3S. The molecule has 3 nitrogen and oxygen atoms in total. The van der Waals surface area contributed by atoms with Crippen molar-refractivity contribution in [1.82, 2.24) is 0 Å². The molecule has 0 unspecified atom stereocenters. The third-order valence-corrected chi connectivity index (χ3v) is 7.57. The summed E-state index contributed by atoms with van der Waals surface area (Å²) in [5.41, 5.74) is 0. The van der Waals surface area contributed by atoms with Crippen LogP contribution in [0.5, 0.6) is 5.75 Å². The zero-order chi connectivity index (χ0) is 12.9. The van der Waals surface area contributed by atoms with Crippen LogP contribution in [0, 0.1) is 0 Å². The quantitative estimate of drug-likeness (QED) is 0.354. The summed E-state index contributed by atoms with van der Waals surface area (Å²) >= 11 is 3.78. The summed E-state index contributed by atoms with van der Waals surface area (Å²) in [4.78, 5) is 0.342. The van der Waals surface area contributed by atoms with Crippen molar-refractivity contribution in [3.8, 4) is 5.75 Å². The lowest BCUT2D eigenvalue weighted by atomic mass is 10.3. The molecule has 0 bridgehead atoms. The number of rotatable bonds is 6. The monoisotopic (exact) mass is 480 g/mol. The molecule has 0 saturated carbocycles. The van der Waals surface area contributed by atoms with E-state index in [-0.39, 0.29) is 0 Å². The Balaban J connectivity index is 2.75. The number of unbranched alkanes of at least 4 members (excludes halogenated alkanes) is 1. The van der Waals surface area contributed by atoms with E-state index in [4.69, 9.17) is 4.74 Å². The molecule has 0 radical (unpaired) electrons. The molecule has 1 rings (SSSR count). The number of alkyl halides is 2. The van der Waals surface area contributed by atoms with E-state index in [1.807, 2.05) is 45.2 Å². The Kier molecular flexibility index (Phi) is 6.49. The lowest BCUT2D eigenvalue weighted by molar-refractivity contribution is 0.309. The molecule has 0 spiro atoms. The highest BCUT2D eigenvalue weighted by Crippen LogP contribution is 2.26. The molecule has 1 aromatic rings. The van der Waals surface area contributed by atoms with Gasteiger partial charge in [0.2, 0.25) is 0 Å². The van der Waals surface area contributed by atoms with Crippen molar-refractivity contribution >= 4 is 55.0 Å². The average Bonchev–Trinajstić information content (AvgIpc) is 2.30. The zero-order valence-electron chi connectivity index (χ0n) is 9.40. The Hall–Kier alpha value is 0.430. The summed E-state index contributed by atoms with van der Waals surface area (Å²) in [5, 5.41) is 0. The SMILES string of the molecule is CCCCOc1ccc(S(=O)(=O)C(I)I)cc1. The molecule has 17 heavy (non-hydrogen) atoms. The fraction of sp³-hybridized carbons (Fsp3) is 0.455. The molecule has 6 heteroatoms. The van der Waals surface area contributed by atoms with Crippen LogP contribution in [-0.4, -0.2) is 16.3 Å². The van der Waals surface area contributed by atoms with Crippen molar-refractivity contribution in [2.45, 2.75) is 25.9 Å². The van der Waals surface area contributed by atoms with Gasteiger partial charge in [-0.2, -0.15) is 0 Å². The molecule has 0 heterocycles. The maximum Gasteiger partial charge on any atom is 0.199 e. The first-order valence-corrected chi connectivity index (χ1v) is 9.27. The first kappa shape index (κ1) is 15.5. The van der Waals surface area contributed by atoms with Crippen LogP contribution in [0.4, 0.5) is 0 Å². The minimum absolute atomic E-state index is 0.342. The Labute approximate surface area is 130 Å². The van der Waals surface area contributed by atoms with Crippen molar-refractivity contribution in [3.05, 3.63) is 24.3 Å². The second-order valence-electron chi connectivity index (χ2n) is 3.48. The topological polar surface area (TPSA) is 43.4 Å². The van der Waals surface area contributed by atoms with E-state index in [0.717, 1.165) is 18.6 Å². The lowest BCUT2D eigenvalue weighted by Gasteiger charge is -2.08. The number of benzene rings is 1. The summed E-state index contributed by atoms with van der Waals surface area (Å²) in [6, 6.07) is 6.61. The zero-order valence-corrected chi connectivity index (χ0v) is 14.5. The van der Waals surface area contributed by atoms with Gasteiger partial charge in [-0.3, -0.25) is 0 Å². The van der Waals surface area contributed by atoms with E-state index in [1.54, 1.807) is 24.3 Å². The fourth-order valence-electron chi connectivity index (χ4n) is 1.16. The van der Waals surface area contributed by atoms with Gasteiger partial charge in [0.05, 0.1) is 11.5 Å². The number of sulfone groups is 1. The molecule has 0 aromatic heterocycles. The van der Waals surface area contributed by atoms with E-state index in [0.29, 0.717) is 11.5 Å². The highest BCUT2D eigenvalue weighted by atomic mass is 127. The van der Waals surface area contributed by atoms with Gasteiger partial charge in [0.15, 0.2) is 11.1 Å². The summed E-state index contributed by atoms with van der Waals surface area (Å²) in [6.07, 6.45) is 2.08. The van der Waals surface area contributed by atoms with Gasteiger partial charge in [-0.1, -0.05) is 58.5 Å². The first-order chi connectivity index (χ1) is 7.98. The molecule has 0 fully saturated rings. The highest BCUT2D eigenvalue weighted by molar-refractivity contribution is 14.2. The van der Waals surface area contributed by atoms with Gasteiger partial charge in [0.1, 0.15) is 5.75 Å². The third kappa shape index (κ3) is 4.55. The smallest absolute Gasteiger partial charge is 0.199 e. The first-order valence-electron chi connectivity index (χ1n) is 5.23. The van der Waals surface area contributed by atoms with Crippen LogP contribution in [0.25, 0.3) is 0 Å². The van der Waals surface area contributed by atoms with E-state index < -0.39 is 11.1 Å². The van der Waals surface area contributed by atoms with Crippen LogP contribution in [-0.2, 0) is 9.84 Å². The Bertz CT molecular complexity index is 440. The van der Waals surface area contributed by atoms with E-state index >= 15 is 0 Å². The van der Waals surface area contributed by atoms with Crippen molar-refractivity contribution in [2.75, 3.05) is 6.61 Å². The largest absolute Gasteiger partial charge is 0.494 e. The molecule has 96 valence electrons. The molecule has 0 amide bonds. The molecular weight excluding hydrogens is 466 g/mol. The van der Waals surface area contributed by atoms with Crippen LogP contribution in [0.1, 0.15) is 19.8 Å². The van der Waals surface area contributed by atoms with Crippen molar-refractivity contribution in [2.24, 2.45) is 0 Å². The summed E-state index contributed by atoms with van der Waals surface area (Å²) in [5.74, 6) is 0.718. The number of hydrogen-bond acceptors (Lipinski definition) is 3. The van der Waals surface area contributed by atoms with Gasteiger partial charge < -0.3 is 4.74 Å². The number of hydrogen-bond donors (Lipinski definition) is 0. The van der Waals surface area contributed by atoms with E-state index in [2.05, 4.69) is 6.92 Å². The lowest BCUT2D eigenvalue weighted by Crippen LogP contribution is -2.08. The average molecular weight is 480 g/mol. The Morgan fingerprint density at radius 3 is 2.29 bits per heavy atom. The van der Waals surface area contributed by atoms with Gasteiger partial charge in [0, 0.05) is 0 Å². The summed E-state index contributed by atoms with van der Waals surface area (Å²) < 4.78 is 28.7. The van der Waals surface area contributed by atoms with Gasteiger partial charge >= 0.3 is 0 Å². The van der Waals surface area contributed by atoms with Crippen molar-refractivity contribution in [3.63, 3.8) is 0 Å². The maximum atomic E-state index is 11.8. The summed E-state index contributed by atoms with van der Waals surface area (Å²) in [7, 11) is -3.20. The standard InChI is InChI=1S/C11H14I2O3S/c1-2-3-8-16-9-4-6-10(7-5-9)17(14,15)11(12)13/h4-7,11H,2-3,8H2,1H3. The Morgan fingerprint density at radius 1 is 1.24 bits per heavy atom. The molecule has 1 aromatic carbocycles. The molecule has 0 aliphatic carbocycles. The fourth-order valence-corrected chi connectivity index (χ4v) is 3.65. The van der Waals surface area contributed by atoms with Gasteiger partial charge in [-0.25, -0.2) is 8.42 Å². The number of ether oxygens (including phenoxy) is 1. The minimum atomic E-state index is -3.20. The predicted molar refractivity (Wildman–Crippen MR) is 85.9 cm³/mol. The normalized spacial score (nSPS) is 11.8. The van der Waals surface area contributed by atoms with Crippen molar-refractivity contribution in [1.29, 1.82) is 0 Å². The van der Waals surface area contributed by atoms with E-state index in [1.165, 1.54) is 0 Å². The predicted octanol–water partition coefficient (Wildman–Crippen LogP) is 3.79. The Morgan fingerprint density at radius 2 is 1.82 bits per heavy atom. The summed E-state index contributed by atoms with van der Waals surface area (Å²) in [6.45, 7) is 2.77. The van der Waals surface area contributed by atoms with Gasteiger partial charge in [0.25, 0.3) is 0 Å². The van der Waals surface area contributed by atoms with E-state index in [9.17, 15) is 8.42 Å². The van der Waals surface area contributed by atoms with Crippen LogP contribution in [0.3, 0.4) is 0 Å². The highest BCUT2D eigenvalue weighted by Gasteiger charge is 2.21. The van der Waals surface area contributed by atoms with Crippen LogP contribution in [0.15, 0.2) is 29.2 Å².